The Morgan fingerprint density at radius 3 is 2.39 bits per heavy atom. The molecule has 0 amide bonds. The first-order valence-electron chi connectivity index (χ1n) is 7.26. The molecule has 0 N–H and O–H groups in total. The van der Waals surface area contributed by atoms with Crippen molar-refractivity contribution in [3.05, 3.63) is 0 Å². The molecular formula is C13H29NO2SSi. The summed E-state index contributed by atoms with van der Waals surface area (Å²) >= 11 is 0. The van der Waals surface area contributed by atoms with Gasteiger partial charge in [-0.2, -0.15) is 4.31 Å². The summed E-state index contributed by atoms with van der Waals surface area (Å²) in [7, 11) is -4.19. The van der Waals surface area contributed by atoms with Crippen molar-refractivity contribution in [1.82, 2.24) is 4.31 Å². The number of unbranched alkanes of at least 4 members (excludes halogenated alkanes) is 3. The second-order valence-corrected chi connectivity index (χ2v) is 14.4. The molecule has 0 aromatic carbocycles. The molecule has 0 saturated carbocycles. The zero-order chi connectivity index (χ0) is 13.8. The summed E-state index contributed by atoms with van der Waals surface area (Å²) in [6.45, 7) is 9.66. The molecule has 2 atom stereocenters. The van der Waals surface area contributed by atoms with Crippen LogP contribution in [0.15, 0.2) is 0 Å². The lowest BCUT2D eigenvalue weighted by atomic mass is 10.1. The molecular weight excluding hydrogens is 262 g/mol. The van der Waals surface area contributed by atoms with E-state index >= 15 is 0 Å². The highest BCUT2D eigenvalue weighted by Crippen LogP contribution is 2.28. The van der Waals surface area contributed by atoms with Crippen molar-refractivity contribution in [2.45, 2.75) is 70.8 Å². The SMILES string of the molecule is CCCCCC[C@@H]1CN1S(=O)(=O)CC[Si](C)(C)C. The van der Waals surface area contributed by atoms with Crippen LogP contribution in [0, 0.1) is 0 Å². The number of sulfonamides is 1. The van der Waals surface area contributed by atoms with E-state index in [4.69, 9.17) is 0 Å². The Morgan fingerprint density at radius 2 is 1.83 bits per heavy atom. The lowest BCUT2D eigenvalue weighted by Crippen LogP contribution is -2.27. The molecule has 18 heavy (non-hydrogen) atoms. The van der Waals surface area contributed by atoms with Crippen LogP contribution in [-0.2, 0) is 10.0 Å². The normalized spacial score (nSPS) is 24.2. The fourth-order valence-electron chi connectivity index (χ4n) is 2.10. The molecule has 0 spiro atoms. The quantitative estimate of drug-likeness (QED) is 0.371. The minimum atomic E-state index is -2.94. The van der Waals surface area contributed by atoms with E-state index in [1.54, 1.807) is 4.31 Å². The van der Waals surface area contributed by atoms with Crippen molar-refractivity contribution >= 4 is 18.1 Å². The maximum absolute atomic E-state index is 12.1. The molecule has 0 aromatic rings. The van der Waals surface area contributed by atoms with Gasteiger partial charge in [-0.1, -0.05) is 52.2 Å². The Morgan fingerprint density at radius 1 is 1.17 bits per heavy atom. The monoisotopic (exact) mass is 291 g/mol. The van der Waals surface area contributed by atoms with Crippen molar-refractivity contribution < 1.29 is 8.42 Å². The molecule has 1 rings (SSSR count). The number of nitrogens with zero attached hydrogens (tertiary/aromatic N) is 1. The van der Waals surface area contributed by atoms with Crippen LogP contribution in [0.25, 0.3) is 0 Å². The molecule has 108 valence electrons. The Kier molecular flexibility index (Phi) is 5.87. The highest BCUT2D eigenvalue weighted by atomic mass is 32.2. The third-order valence-corrected chi connectivity index (χ3v) is 7.52. The van der Waals surface area contributed by atoms with E-state index in [9.17, 15) is 8.42 Å². The lowest BCUT2D eigenvalue weighted by molar-refractivity contribution is 0.538. The summed E-state index contributed by atoms with van der Waals surface area (Å²) < 4.78 is 25.9. The molecule has 5 heteroatoms. The summed E-state index contributed by atoms with van der Waals surface area (Å²) in [5, 5.41) is 0. The third-order valence-electron chi connectivity index (χ3n) is 3.52. The van der Waals surface area contributed by atoms with Gasteiger partial charge in [0.05, 0.1) is 5.75 Å². The van der Waals surface area contributed by atoms with Crippen LogP contribution in [0.4, 0.5) is 0 Å². The molecule has 3 nitrogen and oxygen atoms in total. The van der Waals surface area contributed by atoms with E-state index in [0.717, 1.165) is 19.0 Å². The summed E-state index contributed by atoms with van der Waals surface area (Å²) in [6, 6.07) is 1.21. The van der Waals surface area contributed by atoms with Gasteiger partial charge in [0.1, 0.15) is 0 Å². The summed E-state index contributed by atoms with van der Waals surface area (Å²) in [6.07, 6.45) is 6.00. The molecule has 0 aliphatic carbocycles. The number of rotatable bonds is 9. The highest BCUT2D eigenvalue weighted by Gasteiger charge is 2.42. The van der Waals surface area contributed by atoms with Crippen LogP contribution in [-0.4, -0.2) is 39.1 Å². The topological polar surface area (TPSA) is 37.1 Å². The van der Waals surface area contributed by atoms with Gasteiger partial charge in [-0.05, 0) is 12.5 Å². The maximum Gasteiger partial charge on any atom is 0.214 e. The first-order chi connectivity index (χ1) is 8.26. The average molecular weight is 292 g/mol. The van der Waals surface area contributed by atoms with Crippen LogP contribution in [0.3, 0.4) is 0 Å². The Labute approximate surface area is 114 Å². The van der Waals surface area contributed by atoms with Gasteiger partial charge in [0.25, 0.3) is 0 Å². The fourth-order valence-corrected chi connectivity index (χ4v) is 6.77. The van der Waals surface area contributed by atoms with Gasteiger partial charge in [0, 0.05) is 20.7 Å². The first-order valence-corrected chi connectivity index (χ1v) is 12.6. The highest BCUT2D eigenvalue weighted by molar-refractivity contribution is 7.89. The van der Waals surface area contributed by atoms with E-state index in [2.05, 4.69) is 26.6 Å². The number of hydrogen-bond acceptors (Lipinski definition) is 2. The van der Waals surface area contributed by atoms with Gasteiger partial charge in [-0.3, -0.25) is 0 Å². The Hall–Kier alpha value is 0.127. The van der Waals surface area contributed by atoms with E-state index < -0.39 is 18.1 Å². The predicted octanol–water partition coefficient (Wildman–Crippen LogP) is 3.31. The van der Waals surface area contributed by atoms with Gasteiger partial charge in [-0.15, -0.1) is 0 Å². The van der Waals surface area contributed by atoms with Crippen molar-refractivity contribution in [1.29, 1.82) is 0 Å². The van der Waals surface area contributed by atoms with Crippen molar-refractivity contribution in [2.24, 2.45) is 0 Å². The van der Waals surface area contributed by atoms with Gasteiger partial charge < -0.3 is 0 Å². The van der Waals surface area contributed by atoms with Crippen molar-refractivity contribution in [3.63, 3.8) is 0 Å². The standard InChI is InChI=1S/C13H29NO2SSi/c1-5-6-7-8-9-13-12-14(13)17(15,16)10-11-18(2,3)4/h13H,5-12H2,1-4H3/t13-,14?/m1/s1. The van der Waals surface area contributed by atoms with E-state index in [-0.39, 0.29) is 0 Å². The van der Waals surface area contributed by atoms with Gasteiger partial charge in [0.15, 0.2) is 0 Å². The van der Waals surface area contributed by atoms with Crippen LogP contribution in [0.1, 0.15) is 39.0 Å². The second kappa shape index (κ2) is 6.53. The maximum atomic E-state index is 12.1. The van der Waals surface area contributed by atoms with Crippen LogP contribution in [0.2, 0.25) is 25.7 Å². The molecule has 1 fully saturated rings. The van der Waals surface area contributed by atoms with Crippen molar-refractivity contribution in [3.8, 4) is 0 Å². The van der Waals surface area contributed by atoms with Gasteiger partial charge in [-0.25, -0.2) is 8.42 Å². The van der Waals surface area contributed by atoms with Gasteiger partial charge in [0.2, 0.25) is 10.0 Å². The molecule has 1 unspecified atom stereocenters. The minimum Gasteiger partial charge on any atom is -0.212 e. The first kappa shape index (κ1) is 16.2. The molecule has 1 heterocycles. The minimum absolute atomic E-state index is 0.327. The zero-order valence-electron chi connectivity index (χ0n) is 12.4. The van der Waals surface area contributed by atoms with E-state index in [1.165, 1.54) is 25.7 Å². The predicted molar refractivity (Wildman–Crippen MR) is 81.2 cm³/mol. The van der Waals surface area contributed by atoms with E-state index in [1.807, 2.05) is 0 Å². The van der Waals surface area contributed by atoms with Crippen molar-refractivity contribution in [2.75, 3.05) is 12.3 Å². The smallest absolute Gasteiger partial charge is 0.212 e. The van der Waals surface area contributed by atoms with E-state index in [0.29, 0.717) is 11.8 Å². The zero-order valence-corrected chi connectivity index (χ0v) is 14.2. The van der Waals surface area contributed by atoms with Gasteiger partial charge >= 0.3 is 0 Å². The molecule has 1 aliphatic heterocycles. The second-order valence-electron chi connectivity index (χ2n) is 6.70. The number of hydrogen-bond donors (Lipinski definition) is 0. The molecule has 1 saturated heterocycles. The Bertz CT molecular complexity index is 348. The molecule has 0 bridgehead atoms. The molecule has 0 aromatic heterocycles. The fraction of sp³-hybridized carbons (Fsp3) is 1.00. The average Bonchev–Trinajstić information content (AvgIpc) is 3.01. The van der Waals surface area contributed by atoms with Crippen LogP contribution in [0.5, 0.6) is 0 Å². The molecule has 0 radical (unpaired) electrons. The molecule has 1 aliphatic rings. The lowest BCUT2D eigenvalue weighted by Gasteiger charge is -2.15. The van der Waals surface area contributed by atoms with Crippen LogP contribution < -0.4 is 0 Å². The summed E-state index contributed by atoms with van der Waals surface area (Å²) in [4.78, 5) is 0. The largest absolute Gasteiger partial charge is 0.214 e. The Balaban J connectivity index is 2.26. The third kappa shape index (κ3) is 5.84. The van der Waals surface area contributed by atoms with Crippen LogP contribution >= 0.6 is 0 Å². The summed E-state index contributed by atoms with van der Waals surface area (Å²) in [5.74, 6) is 0.369. The summed E-state index contributed by atoms with van der Waals surface area (Å²) in [5.41, 5.74) is 0.